The van der Waals surface area contributed by atoms with Gasteiger partial charge in [0.2, 0.25) is 0 Å². The molecule has 82 valence electrons. The Morgan fingerprint density at radius 2 is 2.27 bits per heavy atom. The van der Waals surface area contributed by atoms with Crippen LogP contribution in [0.3, 0.4) is 0 Å². The molecule has 0 aromatic heterocycles. The van der Waals surface area contributed by atoms with Crippen molar-refractivity contribution >= 4 is 21.9 Å². The number of esters is 1. The number of rotatable bonds is 3. The molecule has 1 atom stereocenters. The second kappa shape index (κ2) is 5.14. The number of benzene rings is 1. The summed E-state index contributed by atoms with van der Waals surface area (Å²) >= 11 is 3.21. The third kappa shape index (κ3) is 3.21. The Bertz CT molecular complexity index is 364. The summed E-state index contributed by atoms with van der Waals surface area (Å²) in [5.74, 6) is -0.573. The van der Waals surface area contributed by atoms with Crippen LogP contribution in [0.2, 0.25) is 0 Å². The number of carbonyl (C=O) groups excluding carboxylic acids is 1. The highest BCUT2D eigenvalue weighted by molar-refractivity contribution is 9.10. The van der Waals surface area contributed by atoms with Crippen molar-refractivity contribution in [1.29, 1.82) is 0 Å². The molecule has 0 radical (unpaired) electrons. The van der Waals surface area contributed by atoms with Crippen molar-refractivity contribution in [1.82, 2.24) is 0 Å². The van der Waals surface area contributed by atoms with Gasteiger partial charge in [-0.25, -0.2) is 0 Å². The Balaban J connectivity index is 2.85. The molecule has 0 saturated heterocycles. The zero-order valence-electron chi connectivity index (χ0n) is 8.11. The van der Waals surface area contributed by atoms with Gasteiger partial charge in [0.25, 0.3) is 0 Å². The van der Waals surface area contributed by atoms with Crippen LogP contribution < -0.4 is 0 Å². The normalized spacial score (nSPS) is 12.2. The van der Waals surface area contributed by atoms with Crippen LogP contribution in [0.15, 0.2) is 22.7 Å². The first kappa shape index (κ1) is 12.0. The van der Waals surface area contributed by atoms with Gasteiger partial charge in [0.05, 0.1) is 19.6 Å². The van der Waals surface area contributed by atoms with Gasteiger partial charge < -0.3 is 14.9 Å². The van der Waals surface area contributed by atoms with Crippen molar-refractivity contribution in [2.75, 3.05) is 7.11 Å². The Morgan fingerprint density at radius 1 is 1.60 bits per heavy atom. The molecule has 1 aromatic carbocycles. The highest BCUT2D eigenvalue weighted by atomic mass is 79.9. The maximum Gasteiger partial charge on any atom is 0.308 e. The van der Waals surface area contributed by atoms with Gasteiger partial charge in [-0.05, 0) is 18.2 Å². The summed E-state index contributed by atoms with van der Waals surface area (Å²) in [4.78, 5) is 10.9. The second-order valence-corrected chi connectivity index (χ2v) is 3.91. The van der Waals surface area contributed by atoms with Crippen LogP contribution in [0, 0.1) is 0 Å². The van der Waals surface area contributed by atoms with Gasteiger partial charge in [-0.1, -0.05) is 15.9 Å². The van der Waals surface area contributed by atoms with E-state index in [9.17, 15) is 15.0 Å². The number of phenols is 1. The van der Waals surface area contributed by atoms with Crippen molar-refractivity contribution in [2.45, 2.75) is 12.5 Å². The first-order chi connectivity index (χ1) is 7.04. The molecule has 2 N–H and O–H groups in total. The predicted octanol–water partition coefficient (Wildman–Crippen LogP) is 1.75. The fraction of sp³-hybridized carbons (Fsp3) is 0.300. The molecule has 0 unspecified atom stereocenters. The number of ether oxygens (including phenoxy) is 1. The first-order valence-electron chi connectivity index (χ1n) is 4.28. The Labute approximate surface area is 95.6 Å². The SMILES string of the molecule is COC(=O)C[C@H](O)c1cc(Br)ccc1O. The molecule has 15 heavy (non-hydrogen) atoms. The van der Waals surface area contributed by atoms with Crippen LogP contribution in [-0.4, -0.2) is 23.3 Å². The minimum Gasteiger partial charge on any atom is -0.508 e. The minimum absolute atomic E-state index is 0.0467. The smallest absolute Gasteiger partial charge is 0.308 e. The monoisotopic (exact) mass is 274 g/mol. The standard InChI is InChI=1S/C10H11BrO4/c1-15-10(14)5-9(13)7-4-6(11)2-3-8(7)12/h2-4,9,12-13H,5H2,1H3/t9-/m0/s1. The molecule has 1 aromatic rings. The van der Waals surface area contributed by atoms with E-state index < -0.39 is 12.1 Å². The van der Waals surface area contributed by atoms with E-state index in [1.165, 1.54) is 13.2 Å². The fourth-order valence-corrected chi connectivity index (χ4v) is 1.52. The lowest BCUT2D eigenvalue weighted by Crippen LogP contribution is -2.08. The van der Waals surface area contributed by atoms with Crippen molar-refractivity contribution in [2.24, 2.45) is 0 Å². The van der Waals surface area contributed by atoms with Crippen LogP contribution in [0.25, 0.3) is 0 Å². The number of halogens is 1. The molecule has 0 aliphatic rings. The third-order valence-electron chi connectivity index (χ3n) is 1.94. The van der Waals surface area contributed by atoms with Crippen LogP contribution >= 0.6 is 15.9 Å². The summed E-state index contributed by atoms with van der Waals surface area (Å²) in [5.41, 5.74) is 0.301. The highest BCUT2D eigenvalue weighted by Gasteiger charge is 2.16. The summed E-state index contributed by atoms with van der Waals surface area (Å²) in [6.07, 6.45) is -1.24. The van der Waals surface area contributed by atoms with Crippen molar-refractivity contribution < 1.29 is 19.7 Å². The van der Waals surface area contributed by atoms with E-state index in [-0.39, 0.29) is 12.2 Å². The van der Waals surface area contributed by atoms with Gasteiger partial charge in [0.1, 0.15) is 5.75 Å². The molecule has 4 nitrogen and oxygen atoms in total. The van der Waals surface area contributed by atoms with Gasteiger partial charge in [-0.15, -0.1) is 0 Å². The van der Waals surface area contributed by atoms with Gasteiger partial charge in [0, 0.05) is 10.0 Å². The first-order valence-corrected chi connectivity index (χ1v) is 5.07. The highest BCUT2D eigenvalue weighted by Crippen LogP contribution is 2.29. The van der Waals surface area contributed by atoms with E-state index >= 15 is 0 Å². The number of phenolic OH excluding ortho intramolecular Hbond substituents is 1. The number of aromatic hydroxyl groups is 1. The topological polar surface area (TPSA) is 66.8 Å². The average Bonchev–Trinajstić information content (AvgIpc) is 2.21. The largest absolute Gasteiger partial charge is 0.508 e. The lowest BCUT2D eigenvalue weighted by molar-refractivity contribution is -0.142. The average molecular weight is 275 g/mol. The molecule has 0 saturated carbocycles. The van der Waals surface area contributed by atoms with Gasteiger partial charge in [0.15, 0.2) is 0 Å². The van der Waals surface area contributed by atoms with Crippen molar-refractivity contribution in [3.05, 3.63) is 28.2 Å². The van der Waals surface area contributed by atoms with Gasteiger partial charge in [-0.3, -0.25) is 4.79 Å². The number of hydrogen-bond acceptors (Lipinski definition) is 4. The van der Waals surface area contributed by atoms with Crippen LogP contribution in [0.1, 0.15) is 18.1 Å². The summed E-state index contributed by atoms with van der Waals surface area (Å²) in [6.45, 7) is 0. The Hall–Kier alpha value is -1.07. The molecule has 0 aliphatic heterocycles. The Kier molecular flexibility index (Phi) is 4.11. The van der Waals surface area contributed by atoms with Crippen LogP contribution in [0.4, 0.5) is 0 Å². The molecule has 0 aliphatic carbocycles. The summed E-state index contributed by atoms with van der Waals surface area (Å²) < 4.78 is 5.14. The zero-order valence-corrected chi connectivity index (χ0v) is 9.69. The second-order valence-electron chi connectivity index (χ2n) is 3.00. The molecule has 5 heteroatoms. The number of aliphatic hydroxyl groups excluding tert-OH is 1. The molecule has 0 fully saturated rings. The van der Waals surface area contributed by atoms with Crippen LogP contribution in [0.5, 0.6) is 5.75 Å². The summed E-state index contributed by atoms with van der Waals surface area (Å²) in [6, 6.07) is 4.65. The van der Waals surface area contributed by atoms with Crippen molar-refractivity contribution in [3.8, 4) is 5.75 Å². The maximum absolute atomic E-state index is 10.9. The molecule has 0 spiro atoms. The number of methoxy groups -OCH3 is 1. The quantitative estimate of drug-likeness (QED) is 0.825. The summed E-state index contributed by atoms with van der Waals surface area (Å²) in [7, 11) is 1.25. The number of aliphatic hydroxyl groups is 1. The molecular weight excluding hydrogens is 264 g/mol. The van der Waals surface area contributed by atoms with E-state index in [4.69, 9.17) is 0 Å². The lowest BCUT2D eigenvalue weighted by Gasteiger charge is -2.11. The van der Waals surface area contributed by atoms with E-state index in [2.05, 4.69) is 20.7 Å². The zero-order chi connectivity index (χ0) is 11.4. The molecule has 1 rings (SSSR count). The Morgan fingerprint density at radius 3 is 2.87 bits per heavy atom. The van der Waals surface area contributed by atoms with Crippen LogP contribution in [-0.2, 0) is 9.53 Å². The molecule has 0 heterocycles. The fourth-order valence-electron chi connectivity index (χ4n) is 1.14. The minimum atomic E-state index is -1.06. The van der Waals surface area contributed by atoms with Gasteiger partial charge in [-0.2, -0.15) is 0 Å². The molecule has 0 amide bonds. The van der Waals surface area contributed by atoms with E-state index in [0.29, 0.717) is 5.56 Å². The third-order valence-corrected chi connectivity index (χ3v) is 2.43. The van der Waals surface area contributed by atoms with Gasteiger partial charge >= 0.3 is 5.97 Å². The molecule has 0 bridgehead atoms. The summed E-state index contributed by atoms with van der Waals surface area (Å²) in [5, 5.41) is 19.1. The number of hydrogen-bond donors (Lipinski definition) is 2. The van der Waals surface area contributed by atoms with E-state index in [1.807, 2.05) is 0 Å². The van der Waals surface area contributed by atoms with Crippen molar-refractivity contribution in [3.63, 3.8) is 0 Å². The van der Waals surface area contributed by atoms with E-state index in [0.717, 1.165) is 4.47 Å². The lowest BCUT2D eigenvalue weighted by atomic mass is 10.1. The predicted molar refractivity (Wildman–Crippen MR) is 57.4 cm³/mol. The van der Waals surface area contributed by atoms with E-state index in [1.54, 1.807) is 12.1 Å². The number of carbonyl (C=O) groups is 1. The maximum atomic E-state index is 10.9. The molecular formula is C10H11BrO4.